The molecule has 1 aromatic rings. The minimum atomic E-state index is -0.889. The van der Waals surface area contributed by atoms with E-state index in [1.165, 1.54) is 12.1 Å². The fourth-order valence-corrected chi connectivity index (χ4v) is 1.64. The Morgan fingerprint density at radius 1 is 1.37 bits per heavy atom. The smallest absolute Gasteiger partial charge is 0.251 e. The van der Waals surface area contributed by atoms with Crippen molar-refractivity contribution in [2.75, 3.05) is 5.32 Å². The molecule has 6 heteroatoms. The number of nitrogens with one attached hydrogen (secondary N) is 1. The topological polar surface area (TPSA) is 98.2 Å². The van der Waals surface area contributed by atoms with Crippen LogP contribution in [0, 0.1) is 11.7 Å². The van der Waals surface area contributed by atoms with Gasteiger partial charge in [0.25, 0.3) is 5.91 Å². The number of carbonyl (C=O) groups is 2. The molecule has 1 rings (SSSR count). The molecule has 5 nitrogen and oxygen atoms in total. The van der Waals surface area contributed by atoms with Gasteiger partial charge in [0.05, 0.1) is 11.6 Å². The summed E-state index contributed by atoms with van der Waals surface area (Å²) in [6.07, 6.45) is 0.537. The van der Waals surface area contributed by atoms with Gasteiger partial charge in [-0.15, -0.1) is 0 Å². The monoisotopic (exact) mass is 267 g/mol. The Hall–Kier alpha value is -1.95. The summed E-state index contributed by atoms with van der Waals surface area (Å²) in [5.74, 6) is -1.71. The summed E-state index contributed by atoms with van der Waals surface area (Å²) in [4.78, 5) is 22.8. The van der Waals surface area contributed by atoms with Crippen molar-refractivity contribution in [2.45, 2.75) is 26.3 Å². The molecule has 0 bridgehead atoms. The van der Waals surface area contributed by atoms with Crippen molar-refractivity contribution in [3.8, 4) is 0 Å². The molecule has 0 aromatic heterocycles. The molecule has 0 fully saturated rings. The van der Waals surface area contributed by atoms with Crippen LogP contribution in [0.25, 0.3) is 0 Å². The highest BCUT2D eigenvalue weighted by atomic mass is 19.1. The van der Waals surface area contributed by atoms with Crippen LogP contribution in [0.1, 0.15) is 30.6 Å². The van der Waals surface area contributed by atoms with Crippen LogP contribution in [0.5, 0.6) is 0 Å². The number of amides is 2. The van der Waals surface area contributed by atoms with Gasteiger partial charge in [-0.1, -0.05) is 13.8 Å². The van der Waals surface area contributed by atoms with Crippen molar-refractivity contribution in [3.05, 3.63) is 29.6 Å². The van der Waals surface area contributed by atoms with E-state index in [2.05, 4.69) is 5.32 Å². The zero-order chi connectivity index (χ0) is 14.6. The van der Waals surface area contributed by atoms with E-state index in [1.54, 1.807) is 0 Å². The van der Waals surface area contributed by atoms with Crippen LogP contribution >= 0.6 is 0 Å². The molecule has 0 saturated heterocycles. The van der Waals surface area contributed by atoms with Gasteiger partial charge in [0, 0.05) is 5.69 Å². The zero-order valence-corrected chi connectivity index (χ0v) is 10.9. The molecule has 0 aliphatic rings. The molecule has 0 aliphatic carbocycles. The number of hydrogen-bond acceptors (Lipinski definition) is 3. The molecule has 0 saturated carbocycles. The summed E-state index contributed by atoms with van der Waals surface area (Å²) in [5, 5.41) is 2.53. The SMILES string of the molecule is CC(C)C[C@@H](N)C(=O)Nc1ccc(F)c(C(N)=O)c1. The molecule has 1 atom stereocenters. The molecule has 0 heterocycles. The second kappa shape index (κ2) is 6.29. The van der Waals surface area contributed by atoms with Crippen molar-refractivity contribution in [1.29, 1.82) is 0 Å². The van der Waals surface area contributed by atoms with E-state index >= 15 is 0 Å². The Balaban J connectivity index is 2.80. The summed E-state index contributed by atoms with van der Waals surface area (Å²) in [5.41, 5.74) is 10.8. The lowest BCUT2D eigenvalue weighted by molar-refractivity contribution is -0.117. The quantitative estimate of drug-likeness (QED) is 0.748. The van der Waals surface area contributed by atoms with E-state index in [1.807, 2.05) is 13.8 Å². The molecule has 0 unspecified atom stereocenters. The average Bonchev–Trinajstić information content (AvgIpc) is 2.30. The first-order chi connectivity index (χ1) is 8.81. The number of hydrogen-bond donors (Lipinski definition) is 3. The van der Waals surface area contributed by atoms with Gasteiger partial charge < -0.3 is 16.8 Å². The first kappa shape index (κ1) is 15.1. The maximum Gasteiger partial charge on any atom is 0.251 e. The number of carbonyl (C=O) groups excluding carboxylic acids is 2. The number of rotatable bonds is 5. The lowest BCUT2D eigenvalue weighted by Gasteiger charge is -2.14. The molecule has 2 amide bonds. The molecule has 0 spiro atoms. The van der Waals surface area contributed by atoms with Crippen LogP contribution in [0.3, 0.4) is 0 Å². The second-order valence-corrected chi connectivity index (χ2v) is 4.78. The molecule has 104 valence electrons. The molecule has 1 aromatic carbocycles. The van der Waals surface area contributed by atoms with Gasteiger partial charge in [0.2, 0.25) is 5.91 Å². The fraction of sp³-hybridized carbons (Fsp3) is 0.385. The van der Waals surface area contributed by atoms with Gasteiger partial charge in [-0.2, -0.15) is 0 Å². The summed E-state index contributed by atoms with van der Waals surface area (Å²) < 4.78 is 13.3. The maximum atomic E-state index is 13.3. The zero-order valence-electron chi connectivity index (χ0n) is 10.9. The third-order valence-electron chi connectivity index (χ3n) is 2.56. The van der Waals surface area contributed by atoms with E-state index in [0.717, 1.165) is 6.07 Å². The number of benzene rings is 1. The molecule has 0 aliphatic heterocycles. The molecule has 0 radical (unpaired) electrons. The summed E-state index contributed by atoms with van der Waals surface area (Å²) in [6, 6.07) is 2.96. The average molecular weight is 267 g/mol. The van der Waals surface area contributed by atoms with Crippen LogP contribution in [0.4, 0.5) is 10.1 Å². The lowest BCUT2D eigenvalue weighted by atomic mass is 10.0. The van der Waals surface area contributed by atoms with E-state index < -0.39 is 17.8 Å². The van der Waals surface area contributed by atoms with Crippen LogP contribution in [0.2, 0.25) is 0 Å². The van der Waals surface area contributed by atoms with Crippen LogP contribution in [-0.2, 0) is 4.79 Å². The molecule has 5 N–H and O–H groups in total. The van der Waals surface area contributed by atoms with Crippen molar-refractivity contribution >= 4 is 17.5 Å². The highest BCUT2D eigenvalue weighted by molar-refractivity contribution is 5.98. The van der Waals surface area contributed by atoms with Gasteiger partial charge in [-0.3, -0.25) is 9.59 Å². The Morgan fingerprint density at radius 2 is 2.00 bits per heavy atom. The highest BCUT2D eigenvalue weighted by Gasteiger charge is 2.16. The first-order valence-corrected chi connectivity index (χ1v) is 5.97. The van der Waals surface area contributed by atoms with E-state index in [-0.39, 0.29) is 17.4 Å². The minimum Gasteiger partial charge on any atom is -0.366 e. The summed E-state index contributed by atoms with van der Waals surface area (Å²) in [6.45, 7) is 3.91. The van der Waals surface area contributed by atoms with Crippen molar-refractivity contribution in [2.24, 2.45) is 17.4 Å². The Labute approximate surface area is 111 Å². The Bertz CT molecular complexity index is 489. The van der Waals surface area contributed by atoms with Gasteiger partial charge >= 0.3 is 0 Å². The van der Waals surface area contributed by atoms with E-state index in [9.17, 15) is 14.0 Å². The molecular formula is C13H18FN3O2. The molecule has 19 heavy (non-hydrogen) atoms. The fourth-order valence-electron chi connectivity index (χ4n) is 1.64. The predicted molar refractivity (Wildman–Crippen MR) is 71.0 cm³/mol. The van der Waals surface area contributed by atoms with Gasteiger partial charge in [-0.05, 0) is 30.5 Å². The third kappa shape index (κ3) is 4.33. The van der Waals surface area contributed by atoms with Crippen LogP contribution in [0.15, 0.2) is 18.2 Å². The minimum absolute atomic E-state index is 0.268. The Kier molecular flexibility index (Phi) is 5.00. The largest absolute Gasteiger partial charge is 0.366 e. The van der Waals surface area contributed by atoms with Crippen molar-refractivity contribution in [3.63, 3.8) is 0 Å². The maximum absolute atomic E-state index is 13.3. The van der Waals surface area contributed by atoms with Crippen molar-refractivity contribution in [1.82, 2.24) is 0 Å². The van der Waals surface area contributed by atoms with Crippen LogP contribution in [-0.4, -0.2) is 17.9 Å². The second-order valence-electron chi connectivity index (χ2n) is 4.78. The first-order valence-electron chi connectivity index (χ1n) is 5.97. The number of anilines is 1. The third-order valence-corrected chi connectivity index (χ3v) is 2.56. The Morgan fingerprint density at radius 3 is 2.53 bits per heavy atom. The standard InChI is InChI=1S/C13H18FN3O2/c1-7(2)5-11(15)13(19)17-8-3-4-10(14)9(6-8)12(16)18/h3-4,6-7,11H,5,15H2,1-2H3,(H2,16,18)(H,17,19)/t11-/m1/s1. The van der Waals surface area contributed by atoms with E-state index in [4.69, 9.17) is 11.5 Å². The normalized spacial score (nSPS) is 12.3. The highest BCUT2D eigenvalue weighted by Crippen LogP contribution is 2.15. The van der Waals surface area contributed by atoms with Crippen LogP contribution < -0.4 is 16.8 Å². The predicted octanol–water partition coefficient (Wildman–Crippen LogP) is 1.24. The summed E-state index contributed by atoms with van der Waals surface area (Å²) >= 11 is 0. The van der Waals surface area contributed by atoms with Gasteiger partial charge in [0.1, 0.15) is 5.82 Å². The molecular weight excluding hydrogens is 249 g/mol. The van der Waals surface area contributed by atoms with Gasteiger partial charge in [0.15, 0.2) is 0 Å². The van der Waals surface area contributed by atoms with E-state index in [0.29, 0.717) is 12.1 Å². The van der Waals surface area contributed by atoms with Crippen molar-refractivity contribution < 1.29 is 14.0 Å². The number of nitrogens with two attached hydrogens (primary N) is 2. The number of halogens is 1. The lowest BCUT2D eigenvalue weighted by Crippen LogP contribution is -2.36. The van der Waals surface area contributed by atoms with Gasteiger partial charge in [-0.25, -0.2) is 4.39 Å². The summed E-state index contributed by atoms with van der Waals surface area (Å²) in [7, 11) is 0. The number of primary amides is 1.